The quantitative estimate of drug-likeness (QED) is 0.691. The predicted octanol–water partition coefficient (Wildman–Crippen LogP) is 1.38. The monoisotopic (exact) mass is 275 g/mol. The molecule has 0 amide bonds. The summed E-state index contributed by atoms with van der Waals surface area (Å²) in [5, 5.41) is 22.2. The maximum absolute atomic E-state index is 10.9. The van der Waals surface area contributed by atoms with Crippen LogP contribution in [0.5, 0.6) is 0 Å². The molecule has 0 fully saturated rings. The first-order valence-electron chi connectivity index (χ1n) is 6.38. The molecule has 1 heterocycles. The van der Waals surface area contributed by atoms with Crippen LogP contribution < -0.4 is 5.73 Å². The summed E-state index contributed by atoms with van der Waals surface area (Å²) in [6.07, 6.45) is 3.43. The van der Waals surface area contributed by atoms with Gasteiger partial charge in [0, 0.05) is 5.56 Å². The number of aryl methyl sites for hydroxylation is 1. The first-order chi connectivity index (χ1) is 9.59. The highest BCUT2D eigenvalue weighted by Crippen LogP contribution is 2.18. The topological polar surface area (TPSA) is 101 Å². The molecule has 2 rings (SSSR count). The van der Waals surface area contributed by atoms with Gasteiger partial charge >= 0.3 is 5.97 Å². The number of aliphatic carboxylic acids is 1. The molecule has 2 aromatic rings. The van der Waals surface area contributed by atoms with Gasteiger partial charge in [0.05, 0.1) is 11.9 Å². The second kappa shape index (κ2) is 6.21. The number of carboxylic acids is 1. The lowest BCUT2D eigenvalue weighted by Crippen LogP contribution is -2.22. The van der Waals surface area contributed by atoms with Gasteiger partial charge in [-0.2, -0.15) is 0 Å². The van der Waals surface area contributed by atoms with E-state index < -0.39 is 12.0 Å². The van der Waals surface area contributed by atoms with Crippen LogP contribution in [-0.2, 0) is 17.6 Å². The summed E-state index contributed by atoms with van der Waals surface area (Å²) in [6.45, 7) is 0. The fourth-order valence-corrected chi connectivity index (χ4v) is 2.12. The van der Waals surface area contributed by atoms with Crippen molar-refractivity contribution in [1.29, 1.82) is 0 Å². The number of nitrogens with two attached hydrogens (primary N) is 1. The molecule has 0 saturated carbocycles. The van der Waals surface area contributed by atoms with Crippen molar-refractivity contribution in [1.82, 2.24) is 9.94 Å². The van der Waals surface area contributed by atoms with E-state index in [9.17, 15) is 10.0 Å². The molecular weight excluding hydrogens is 258 g/mol. The lowest BCUT2D eigenvalue weighted by atomic mass is 10.0. The van der Waals surface area contributed by atoms with Crippen LogP contribution in [0, 0.1) is 0 Å². The van der Waals surface area contributed by atoms with Crippen LogP contribution in [0.25, 0.3) is 0 Å². The van der Waals surface area contributed by atoms with E-state index in [4.69, 9.17) is 10.8 Å². The van der Waals surface area contributed by atoms with Gasteiger partial charge in [0.15, 0.2) is 0 Å². The molecule has 0 saturated heterocycles. The Labute approximate surface area is 116 Å². The summed E-state index contributed by atoms with van der Waals surface area (Å²) in [6, 6.07) is 8.79. The predicted molar refractivity (Wildman–Crippen MR) is 72.4 cm³/mol. The van der Waals surface area contributed by atoms with Gasteiger partial charge in [-0.3, -0.25) is 4.79 Å². The Kier molecular flexibility index (Phi) is 4.37. The van der Waals surface area contributed by atoms with E-state index in [1.54, 1.807) is 0 Å². The zero-order valence-electron chi connectivity index (χ0n) is 10.9. The highest BCUT2D eigenvalue weighted by molar-refractivity contribution is 5.75. The van der Waals surface area contributed by atoms with E-state index in [1.807, 2.05) is 30.3 Å². The van der Waals surface area contributed by atoms with Gasteiger partial charge in [0.1, 0.15) is 6.04 Å². The number of carbonyl (C=O) groups is 1. The molecular formula is C14H17N3O3. The Balaban J connectivity index is 2.02. The molecule has 1 aromatic heterocycles. The van der Waals surface area contributed by atoms with E-state index in [0.29, 0.717) is 22.5 Å². The van der Waals surface area contributed by atoms with Gasteiger partial charge < -0.3 is 16.0 Å². The fraction of sp³-hybridized carbons (Fsp3) is 0.286. The largest absolute Gasteiger partial charge is 0.480 e. The highest BCUT2D eigenvalue weighted by Gasteiger charge is 2.21. The van der Waals surface area contributed by atoms with E-state index in [2.05, 4.69) is 5.10 Å². The average Bonchev–Trinajstić information content (AvgIpc) is 2.80. The van der Waals surface area contributed by atoms with Crippen molar-refractivity contribution in [2.45, 2.75) is 25.3 Å². The van der Waals surface area contributed by atoms with Crippen LogP contribution >= 0.6 is 0 Å². The number of carboxylic acid groups (broad SMARTS) is 1. The number of hydrogen-bond acceptors (Lipinski definition) is 4. The zero-order valence-corrected chi connectivity index (χ0v) is 10.9. The molecule has 1 aromatic carbocycles. The fourth-order valence-electron chi connectivity index (χ4n) is 2.12. The highest BCUT2D eigenvalue weighted by atomic mass is 16.5. The van der Waals surface area contributed by atoms with E-state index >= 15 is 0 Å². The minimum atomic E-state index is -1.16. The smallest absolute Gasteiger partial charge is 0.325 e. The van der Waals surface area contributed by atoms with Crippen molar-refractivity contribution in [3.8, 4) is 0 Å². The molecule has 1 atom stereocenters. The molecule has 0 aliphatic rings. The molecule has 0 spiro atoms. The number of benzene rings is 1. The second-order valence-electron chi connectivity index (χ2n) is 4.59. The van der Waals surface area contributed by atoms with E-state index in [0.717, 1.165) is 12.8 Å². The summed E-state index contributed by atoms with van der Waals surface area (Å²) in [5.74, 6) is -1.14. The molecule has 4 N–H and O–H groups in total. The lowest BCUT2D eigenvalue weighted by Gasteiger charge is -2.08. The Morgan fingerprint density at radius 2 is 2.00 bits per heavy atom. The number of aromatic nitrogens is 2. The van der Waals surface area contributed by atoms with Gasteiger partial charge in [-0.1, -0.05) is 30.3 Å². The average molecular weight is 275 g/mol. The maximum atomic E-state index is 10.9. The minimum Gasteiger partial charge on any atom is -0.480 e. The van der Waals surface area contributed by atoms with Gasteiger partial charge in [-0.25, -0.2) is 0 Å². The standard InChI is InChI=1S/C14H17N3O3/c15-13(14(18)19)11-9-16-17(20)12(11)8-4-7-10-5-2-1-3-6-10/h1-3,5-6,9,13,20H,4,7-8,15H2,(H,18,19). The van der Waals surface area contributed by atoms with Crippen molar-refractivity contribution in [2.24, 2.45) is 5.73 Å². The second-order valence-corrected chi connectivity index (χ2v) is 4.59. The summed E-state index contributed by atoms with van der Waals surface area (Å²) in [5.41, 5.74) is 7.57. The third-order valence-corrected chi connectivity index (χ3v) is 3.20. The molecule has 0 aliphatic carbocycles. The number of rotatable bonds is 6. The summed E-state index contributed by atoms with van der Waals surface area (Å²) >= 11 is 0. The van der Waals surface area contributed by atoms with Crippen LogP contribution in [0.4, 0.5) is 0 Å². The molecule has 6 heteroatoms. The normalized spacial score (nSPS) is 12.2. The van der Waals surface area contributed by atoms with Crippen molar-refractivity contribution < 1.29 is 15.1 Å². The molecule has 20 heavy (non-hydrogen) atoms. The van der Waals surface area contributed by atoms with Crippen molar-refractivity contribution in [3.05, 3.63) is 53.3 Å². The molecule has 0 radical (unpaired) electrons. The third-order valence-electron chi connectivity index (χ3n) is 3.20. The van der Waals surface area contributed by atoms with Gasteiger partial charge in [-0.15, -0.1) is 9.94 Å². The summed E-state index contributed by atoms with van der Waals surface area (Å²) in [4.78, 5) is 11.6. The Bertz CT molecular complexity index is 581. The van der Waals surface area contributed by atoms with E-state index in [-0.39, 0.29) is 0 Å². The summed E-state index contributed by atoms with van der Waals surface area (Å²) in [7, 11) is 0. The lowest BCUT2D eigenvalue weighted by molar-refractivity contribution is -0.138. The Hall–Kier alpha value is -2.34. The number of hydrogen-bond donors (Lipinski definition) is 3. The zero-order chi connectivity index (χ0) is 14.5. The van der Waals surface area contributed by atoms with Gasteiger partial charge in [0.25, 0.3) is 0 Å². The maximum Gasteiger partial charge on any atom is 0.325 e. The van der Waals surface area contributed by atoms with Crippen molar-refractivity contribution in [3.63, 3.8) is 0 Å². The molecule has 106 valence electrons. The van der Waals surface area contributed by atoms with Gasteiger partial charge in [0.2, 0.25) is 0 Å². The minimum absolute atomic E-state index is 0.355. The first-order valence-corrected chi connectivity index (χ1v) is 6.38. The molecule has 1 unspecified atom stereocenters. The van der Waals surface area contributed by atoms with Crippen LogP contribution in [0.1, 0.15) is 29.3 Å². The first kappa shape index (κ1) is 14.1. The number of nitrogens with zero attached hydrogens (tertiary/aromatic N) is 2. The van der Waals surface area contributed by atoms with Crippen LogP contribution in [0.2, 0.25) is 0 Å². The van der Waals surface area contributed by atoms with Crippen LogP contribution in [0.3, 0.4) is 0 Å². The summed E-state index contributed by atoms with van der Waals surface area (Å²) < 4.78 is 0. The SMILES string of the molecule is NC(C(=O)O)c1cnn(O)c1CCCc1ccccc1. The molecule has 0 aliphatic heterocycles. The Morgan fingerprint density at radius 1 is 1.30 bits per heavy atom. The van der Waals surface area contributed by atoms with Crippen molar-refractivity contribution >= 4 is 5.97 Å². The van der Waals surface area contributed by atoms with Crippen molar-refractivity contribution in [2.75, 3.05) is 0 Å². The molecule has 6 nitrogen and oxygen atoms in total. The molecule has 0 bridgehead atoms. The van der Waals surface area contributed by atoms with Crippen LogP contribution in [0.15, 0.2) is 36.5 Å². The Morgan fingerprint density at radius 3 is 2.65 bits per heavy atom. The van der Waals surface area contributed by atoms with E-state index in [1.165, 1.54) is 11.8 Å². The third kappa shape index (κ3) is 3.16. The van der Waals surface area contributed by atoms with Crippen LogP contribution in [-0.4, -0.2) is 26.2 Å². The van der Waals surface area contributed by atoms with Gasteiger partial charge in [-0.05, 0) is 24.8 Å².